The van der Waals surface area contributed by atoms with Gasteiger partial charge in [0.15, 0.2) is 0 Å². The third kappa shape index (κ3) is 2.15. The van der Waals surface area contributed by atoms with Crippen LogP contribution in [-0.2, 0) is 12.0 Å². The highest BCUT2D eigenvalue weighted by Gasteiger charge is 2.21. The van der Waals surface area contributed by atoms with E-state index >= 15 is 0 Å². The number of benzene rings is 1. The van der Waals surface area contributed by atoms with Gasteiger partial charge in [-0.2, -0.15) is 0 Å². The van der Waals surface area contributed by atoms with E-state index in [1.54, 1.807) is 18.3 Å². The van der Waals surface area contributed by atoms with Gasteiger partial charge in [0.1, 0.15) is 5.82 Å². The number of rotatable bonds is 1. The van der Waals surface area contributed by atoms with Crippen molar-refractivity contribution in [2.24, 2.45) is 5.73 Å². The van der Waals surface area contributed by atoms with Crippen LogP contribution in [0.2, 0.25) is 0 Å². The molecule has 0 fully saturated rings. The largest absolute Gasteiger partial charge is 0.326 e. The maximum atomic E-state index is 13.4. The number of fused-ring (bicyclic) bond motifs is 1. The van der Waals surface area contributed by atoms with E-state index < -0.39 is 0 Å². The van der Waals surface area contributed by atoms with E-state index in [0.29, 0.717) is 6.54 Å². The molecule has 2 aromatic rings. The molecule has 2 rings (SSSR count). The number of nitrogens with zero attached hydrogens (tertiary/aromatic N) is 1. The molecule has 0 unspecified atom stereocenters. The van der Waals surface area contributed by atoms with Crippen molar-refractivity contribution in [2.45, 2.75) is 32.7 Å². The highest BCUT2D eigenvalue weighted by molar-refractivity contribution is 5.84. The molecular weight excluding hydrogens is 215 g/mol. The average molecular weight is 232 g/mol. The fraction of sp³-hybridized carbons (Fsp3) is 0.357. The van der Waals surface area contributed by atoms with Crippen LogP contribution in [0.4, 0.5) is 4.39 Å². The van der Waals surface area contributed by atoms with Gasteiger partial charge in [0.05, 0.1) is 5.52 Å². The van der Waals surface area contributed by atoms with Crippen molar-refractivity contribution in [1.29, 1.82) is 0 Å². The van der Waals surface area contributed by atoms with Gasteiger partial charge in [-0.05, 0) is 34.7 Å². The van der Waals surface area contributed by atoms with Crippen LogP contribution >= 0.6 is 0 Å². The predicted octanol–water partition coefficient (Wildman–Crippen LogP) is 3.13. The molecule has 2 N–H and O–H groups in total. The van der Waals surface area contributed by atoms with Crippen molar-refractivity contribution in [3.63, 3.8) is 0 Å². The van der Waals surface area contributed by atoms with Crippen molar-refractivity contribution < 1.29 is 4.39 Å². The number of nitrogens with two attached hydrogens (primary N) is 1. The van der Waals surface area contributed by atoms with Gasteiger partial charge in [0, 0.05) is 18.1 Å². The van der Waals surface area contributed by atoms with E-state index in [4.69, 9.17) is 5.73 Å². The first-order valence-electron chi connectivity index (χ1n) is 5.71. The summed E-state index contributed by atoms with van der Waals surface area (Å²) in [5, 5.41) is 0.862. The summed E-state index contributed by atoms with van der Waals surface area (Å²) in [6, 6.07) is 4.69. The Morgan fingerprint density at radius 1 is 1.29 bits per heavy atom. The lowest BCUT2D eigenvalue weighted by Gasteiger charge is -2.24. The molecule has 0 radical (unpaired) electrons. The van der Waals surface area contributed by atoms with Gasteiger partial charge < -0.3 is 5.73 Å². The summed E-state index contributed by atoms with van der Waals surface area (Å²) >= 11 is 0. The van der Waals surface area contributed by atoms with E-state index in [-0.39, 0.29) is 11.2 Å². The molecule has 1 aromatic carbocycles. The molecular formula is C14H17FN2. The first kappa shape index (κ1) is 12.0. The molecule has 90 valence electrons. The van der Waals surface area contributed by atoms with Gasteiger partial charge in [0.25, 0.3) is 0 Å². The number of halogens is 1. The summed E-state index contributed by atoms with van der Waals surface area (Å²) in [4.78, 5) is 4.32. The Kier molecular flexibility index (Phi) is 2.87. The molecule has 17 heavy (non-hydrogen) atoms. The van der Waals surface area contributed by atoms with Crippen LogP contribution in [0.1, 0.15) is 31.9 Å². The highest BCUT2D eigenvalue weighted by Crippen LogP contribution is 2.32. The lowest BCUT2D eigenvalue weighted by molar-refractivity contribution is 0.586. The topological polar surface area (TPSA) is 38.9 Å². The van der Waals surface area contributed by atoms with Gasteiger partial charge in [-0.1, -0.05) is 20.8 Å². The molecule has 0 aliphatic carbocycles. The quantitative estimate of drug-likeness (QED) is 0.820. The normalized spacial score (nSPS) is 12.1. The number of pyridine rings is 1. The Bertz CT molecular complexity index is 556. The van der Waals surface area contributed by atoms with Crippen LogP contribution in [0.3, 0.4) is 0 Å². The lowest BCUT2D eigenvalue weighted by atomic mass is 9.82. The Morgan fingerprint density at radius 3 is 2.59 bits per heavy atom. The first-order chi connectivity index (χ1) is 7.93. The summed E-state index contributed by atoms with van der Waals surface area (Å²) in [5.74, 6) is -0.237. The monoisotopic (exact) mass is 232 g/mol. The van der Waals surface area contributed by atoms with Crippen molar-refractivity contribution in [1.82, 2.24) is 4.98 Å². The molecule has 0 saturated carbocycles. The molecule has 0 saturated heterocycles. The van der Waals surface area contributed by atoms with Crippen LogP contribution in [0.25, 0.3) is 10.9 Å². The molecule has 1 aromatic heterocycles. The van der Waals surface area contributed by atoms with E-state index in [2.05, 4.69) is 25.8 Å². The molecule has 2 nitrogen and oxygen atoms in total. The molecule has 0 aliphatic heterocycles. The first-order valence-corrected chi connectivity index (χ1v) is 5.71. The Morgan fingerprint density at radius 2 is 2.00 bits per heavy atom. The van der Waals surface area contributed by atoms with Gasteiger partial charge in [-0.25, -0.2) is 4.39 Å². The molecule has 0 bridgehead atoms. The highest BCUT2D eigenvalue weighted by atomic mass is 19.1. The van der Waals surface area contributed by atoms with E-state index in [0.717, 1.165) is 22.0 Å². The summed E-state index contributed by atoms with van der Waals surface area (Å²) in [6.45, 7) is 6.73. The summed E-state index contributed by atoms with van der Waals surface area (Å²) in [5.41, 5.74) is 8.55. The van der Waals surface area contributed by atoms with Crippen LogP contribution < -0.4 is 5.73 Å². The van der Waals surface area contributed by atoms with E-state index in [9.17, 15) is 4.39 Å². The third-order valence-electron chi connectivity index (χ3n) is 2.88. The average Bonchev–Trinajstić information content (AvgIpc) is 2.25. The smallest absolute Gasteiger partial charge is 0.123 e. The number of hydrogen-bond acceptors (Lipinski definition) is 2. The summed E-state index contributed by atoms with van der Waals surface area (Å²) in [6.07, 6.45) is 1.79. The fourth-order valence-corrected chi connectivity index (χ4v) is 2.25. The maximum absolute atomic E-state index is 13.4. The fourth-order valence-electron chi connectivity index (χ4n) is 2.25. The van der Waals surface area contributed by atoms with Gasteiger partial charge >= 0.3 is 0 Å². The molecule has 3 heteroatoms. The second-order valence-corrected chi connectivity index (χ2v) is 5.27. The van der Waals surface area contributed by atoms with Crippen LogP contribution in [0.15, 0.2) is 24.4 Å². The van der Waals surface area contributed by atoms with Crippen LogP contribution in [-0.4, -0.2) is 4.98 Å². The zero-order valence-corrected chi connectivity index (χ0v) is 10.4. The van der Waals surface area contributed by atoms with Crippen molar-refractivity contribution >= 4 is 10.9 Å². The van der Waals surface area contributed by atoms with E-state index in [1.165, 1.54) is 6.07 Å². The van der Waals surface area contributed by atoms with Gasteiger partial charge in [-0.3, -0.25) is 4.98 Å². The SMILES string of the molecule is CC(C)(C)c1c(CN)cnc2ccc(F)cc12. The Hall–Kier alpha value is -1.48. The minimum atomic E-state index is -0.237. The van der Waals surface area contributed by atoms with Gasteiger partial charge in [-0.15, -0.1) is 0 Å². The number of aromatic nitrogens is 1. The summed E-state index contributed by atoms with van der Waals surface area (Å²) in [7, 11) is 0. The van der Waals surface area contributed by atoms with E-state index in [1.807, 2.05) is 0 Å². The minimum absolute atomic E-state index is 0.0797. The van der Waals surface area contributed by atoms with Crippen molar-refractivity contribution in [3.05, 3.63) is 41.3 Å². The van der Waals surface area contributed by atoms with Crippen LogP contribution in [0, 0.1) is 5.82 Å². The molecule has 0 atom stereocenters. The Labute approximate surface area is 101 Å². The molecule has 1 heterocycles. The zero-order chi connectivity index (χ0) is 12.6. The maximum Gasteiger partial charge on any atom is 0.123 e. The molecule has 0 aliphatic rings. The lowest BCUT2D eigenvalue weighted by Crippen LogP contribution is -2.17. The minimum Gasteiger partial charge on any atom is -0.326 e. The predicted molar refractivity (Wildman–Crippen MR) is 68.3 cm³/mol. The second kappa shape index (κ2) is 4.08. The molecule has 0 spiro atoms. The second-order valence-electron chi connectivity index (χ2n) is 5.27. The van der Waals surface area contributed by atoms with Crippen molar-refractivity contribution in [3.8, 4) is 0 Å². The van der Waals surface area contributed by atoms with Gasteiger partial charge in [0.2, 0.25) is 0 Å². The van der Waals surface area contributed by atoms with Crippen LogP contribution in [0.5, 0.6) is 0 Å². The zero-order valence-electron chi connectivity index (χ0n) is 10.4. The Balaban J connectivity index is 2.87. The third-order valence-corrected chi connectivity index (χ3v) is 2.88. The van der Waals surface area contributed by atoms with Crippen molar-refractivity contribution in [2.75, 3.05) is 0 Å². The molecule has 0 amide bonds. The summed E-state index contributed by atoms with van der Waals surface area (Å²) < 4.78 is 13.4. The standard InChI is InChI=1S/C14H17FN2/c1-14(2,3)13-9(7-16)8-17-12-5-4-10(15)6-11(12)13/h4-6,8H,7,16H2,1-3H3. The number of hydrogen-bond donors (Lipinski definition) is 1.